The Morgan fingerprint density at radius 2 is 1.59 bits per heavy atom. The van der Waals surface area contributed by atoms with Crippen molar-refractivity contribution < 1.29 is 14.3 Å². The molecule has 0 bridgehead atoms. The van der Waals surface area contributed by atoms with Crippen LogP contribution in [0.1, 0.15) is 16.7 Å². The topological polar surface area (TPSA) is 58.6 Å². The monoisotopic (exact) mass is 466 g/mol. The molecule has 0 saturated heterocycles. The van der Waals surface area contributed by atoms with Crippen LogP contribution in [0.5, 0.6) is 5.75 Å². The number of methoxy groups -OCH3 is 1. The normalized spacial score (nSPS) is 13.7. The number of rotatable bonds is 6. The summed E-state index contributed by atoms with van der Waals surface area (Å²) in [7, 11) is 1.57. The average molecular weight is 467 g/mol. The predicted octanol–water partition coefficient (Wildman–Crippen LogP) is 5.70. The van der Waals surface area contributed by atoms with E-state index in [1.807, 2.05) is 13.0 Å². The van der Waals surface area contributed by atoms with Gasteiger partial charge in [0.15, 0.2) is 0 Å². The van der Waals surface area contributed by atoms with Crippen LogP contribution in [0.25, 0.3) is 5.57 Å². The summed E-state index contributed by atoms with van der Waals surface area (Å²) in [5, 5.41) is 4.32. The maximum Gasteiger partial charge on any atom is 0.278 e. The molecule has 3 aromatic rings. The SMILES string of the molecule is COc1ccc(C2=C(Nc3cccc(Cl)c3C)C(=O)N(Cc3ccc(Cl)cc3)C2=O)cc1. The quantitative estimate of drug-likeness (QED) is 0.473. The molecule has 0 spiro atoms. The van der Waals surface area contributed by atoms with E-state index in [1.54, 1.807) is 67.8 Å². The lowest BCUT2D eigenvalue weighted by Gasteiger charge is -2.16. The summed E-state index contributed by atoms with van der Waals surface area (Å²) >= 11 is 12.2. The summed E-state index contributed by atoms with van der Waals surface area (Å²) in [6, 6.07) is 19.5. The van der Waals surface area contributed by atoms with Gasteiger partial charge in [0, 0.05) is 15.7 Å². The maximum absolute atomic E-state index is 13.4. The zero-order valence-electron chi connectivity index (χ0n) is 17.5. The van der Waals surface area contributed by atoms with E-state index >= 15 is 0 Å². The first-order valence-electron chi connectivity index (χ1n) is 9.90. The number of imide groups is 1. The molecule has 1 N–H and O–H groups in total. The number of anilines is 1. The highest BCUT2D eigenvalue weighted by Gasteiger charge is 2.39. The summed E-state index contributed by atoms with van der Waals surface area (Å²) in [5.74, 6) is -0.128. The van der Waals surface area contributed by atoms with E-state index < -0.39 is 5.91 Å². The van der Waals surface area contributed by atoms with Crippen molar-refractivity contribution >= 4 is 46.3 Å². The van der Waals surface area contributed by atoms with E-state index in [9.17, 15) is 9.59 Å². The van der Waals surface area contributed by atoms with Gasteiger partial charge in [0.05, 0.1) is 19.2 Å². The fourth-order valence-corrected chi connectivity index (χ4v) is 3.81. The first-order chi connectivity index (χ1) is 15.4. The molecule has 0 unspecified atom stereocenters. The van der Waals surface area contributed by atoms with E-state index in [4.69, 9.17) is 27.9 Å². The molecule has 162 valence electrons. The van der Waals surface area contributed by atoms with Crippen molar-refractivity contribution in [2.75, 3.05) is 12.4 Å². The van der Waals surface area contributed by atoms with Gasteiger partial charge >= 0.3 is 0 Å². The number of carbonyl (C=O) groups excluding carboxylic acids is 2. The van der Waals surface area contributed by atoms with Gasteiger partial charge in [-0.2, -0.15) is 0 Å². The molecule has 5 nitrogen and oxygen atoms in total. The Morgan fingerprint density at radius 1 is 0.906 bits per heavy atom. The molecular weight excluding hydrogens is 447 g/mol. The van der Waals surface area contributed by atoms with Crippen molar-refractivity contribution in [3.8, 4) is 5.75 Å². The van der Waals surface area contributed by atoms with Crippen molar-refractivity contribution in [3.05, 3.63) is 99.2 Å². The summed E-state index contributed by atoms with van der Waals surface area (Å²) < 4.78 is 5.22. The number of ether oxygens (including phenoxy) is 1. The third kappa shape index (κ3) is 4.22. The molecular formula is C25H20Cl2N2O3. The lowest BCUT2D eigenvalue weighted by atomic mass is 10.0. The predicted molar refractivity (Wildman–Crippen MR) is 127 cm³/mol. The molecule has 0 saturated carbocycles. The minimum Gasteiger partial charge on any atom is -0.497 e. The molecule has 0 atom stereocenters. The number of amides is 2. The number of nitrogens with zero attached hydrogens (tertiary/aromatic N) is 1. The fraction of sp³-hybridized carbons (Fsp3) is 0.120. The van der Waals surface area contributed by atoms with E-state index in [0.717, 1.165) is 11.1 Å². The second-order valence-corrected chi connectivity index (χ2v) is 8.18. The summed E-state index contributed by atoms with van der Waals surface area (Å²) in [5.41, 5.74) is 3.36. The number of nitrogens with one attached hydrogen (secondary N) is 1. The van der Waals surface area contributed by atoms with Gasteiger partial charge in [-0.15, -0.1) is 0 Å². The van der Waals surface area contributed by atoms with Gasteiger partial charge in [-0.25, -0.2) is 0 Å². The smallest absolute Gasteiger partial charge is 0.278 e. The Hall–Kier alpha value is -3.28. The minimum absolute atomic E-state index is 0.133. The molecule has 1 aliphatic heterocycles. The van der Waals surface area contributed by atoms with Crippen LogP contribution in [0.4, 0.5) is 5.69 Å². The Morgan fingerprint density at radius 3 is 2.25 bits per heavy atom. The fourth-order valence-electron chi connectivity index (χ4n) is 3.51. The largest absolute Gasteiger partial charge is 0.497 e. The molecule has 4 rings (SSSR count). The van der Waals surface area contributed by atoms with Crippen LogP contribution in [0.3, 0.4) is 0 Å². The first kappa shape index (κ1) is 21.9. The third-order valence-electron chi connectivity index (χ3n) is 5.33. The standard InChI is InChI=1S/C25H20Cl2N2O3/c1-15-20(27)4-3-5-21(15)28-23-22(17-8-12-19(32-2)13-9-17)24(30)29(25(23)31)14-16-6-10-18(26)11-7-16/h3-13,28H,14H2,1-2H3. The molecule has 1 aliphatic rings. The van der Waals surface area contributed by atoms with Crippen LogP contribution in [-0.2, 0) is 16.1 Å². The first-order valence-corrected chi connectivity index (χ1v) is 10.7. The number of halogens is 2. The van der Waals surface area contributed by atoms with Gasteiger partial charge in [0.25, 0.3) is 11.8 Å². The van der Waals surface area contributed by atoms with E-state index in [2.05, 4.69) is 5.32 Å². The molecule has 0 aromatic heterocycles. The average Bonchev–Trinajstić information content (AvgIpc) is 3.02. The van der Waals surface area contributed by atoms with Crippen LogP contribution < -0.4 is 10.1 Å². The van der Waals surface area contributed by atoms with Crippen LogP contribution in [-0.4, -0.2) is 23.8 Å². The lowest BCUT2D eigenvalue weighted by molar-refractivity contribution is -0.137. The minimum atomic E-state index is -0.407. The second kappa shape index (κ2) is 9.07. The summed E-state index contributed by atoms with van der Waals surface area (Å²) in [6.45, 7) is 1.99. The molecule has 1 heterocycles. The van der Waals surface area contributed by atoms with Crippen LogP contribution in [0.2, 0.25) is 10.0 Å². The van der Waals surface area contributed by atoms with Gasteiger partial charge in [-0.3, -0.25) is 14.5 Å². The maximum atomic E-state index is 13.4. The Kier molecular flexibility index (Phi) is 6.21. The molecule has 2 amide bonds. The van der Waals surface area contributed by atoms with E-state index in [1.165, 1.54) is 4.90 Å². The highest BCUT2D eigenvalue weighted by atomic mass is 35.5. The second-order valence-electron chi connectivity index (χ2n) is 7.34. The van der Waals surface area contributed by atoms with Crippen molar-refractivity contribution in [1.82, 2.24) is 4.90 Å². The molecule has 0 aliphatic carbocycles. The Labute approximate surface area is 196 Å². The van der Waals surface area contributed by atoms with Crippen LogP contribution in [0.15, 0.2) is 72.4 Å². The zero-order valence-corrected chi connectivity index (χ0v) is 19.0. The summed E-state index contributed by atoms with van der Waals surface area (Å²) in [6.07, 6.45) is 0. The summed E-state index contributed by atoms with van der Waals surface area (Å²) in [4.78, 5) is 28.0. The molecule has 0 fully saturated rings. The molecule has 0 radical (unpaired) electrons. The molecule has 3 aromatic carbocycles. The van der Waals surface area contributed by atoms with Gasteiger partial charge in [-0.05, 0) is 60.0 Å². The van der Waals surface area contributed by atoms with Gasteiger partial charge in [0.1, 0.15) is 11.4 Å². The van der Waals surface area contributed by atoms with Crippen molar-refractivity contribution in [2.45, 2.75) is 13.5 Å². The van der Waals surface area contributed by atoms with Crippen LogP contribution in [0, 0.1) is 6.92 Å². The molecule has 7 heteroatoms. The highest BCUT2D eigenvalue weighted by Crippen LogP contribution is 2.34. The number of benzene rings is 3. The Bertz CT molecular complexity index is 1220. The zero-order chi connectivity index (χ0) is 22.8. The lowest BCUT2D eigenvalue weighted by Crippen LogP contribution is -2.32. The highest BCUT2D eigenvalue weighted by molar-refractivity contribution is 6.36. The van der Waals surface area contributed by atoms with Gasteiger partial charge in [0.2, 0.25) is 0 Å². The number of carbonyl (C=O) groups is 2. The Balaban J connectivity index is 1.76. The van der Waals surface area contributed by atoms with Crippen molar-refractivity contribution in [3.63, 3.8) is 0 Å². The van der Waals surface area contributed by atoms with E-state index in [0.29, 0.717) is 32.6 Å². The molecule has 32 heavy (non-hydrogen) atoms. The number of hydrogen-bond donors (Lipinski definition) is 1. The van der Waals surface area contributed by atoms with Gasteiger partial charge in [-0.1, -0.05) is 53.5 Å². The van der Waals surface area contributed by atoms with Crippen molar-refractivity contribution in [1.29, 1.82) is 0 Å². The van der Waals surface area contributed by atoms with Gasteiger partial charge < -0.3 is 10.1 Å². The number of hydrogen-bond acceptors (Lipinski definition) is 4. The van der Waals surface area contributed by atoms with Crippen LogP contribution >= 0.6 is 23.2 Å². The van der Waals surface area contributed by atoms with E-state index in [-0.39, 0.29) is 18.1 Å². The third-order valence-corrected chi connectivity index (χ3v) is 5.99. The van der Waals surface area contributed by atoms with Crippen molar-refractivity contribution in [2.24, 2.45) is 0 Å².